The lowest BCUT2D eigenvalue weighted by Gasteiger charge is -2.16. The van der Waals surface area contributed by atoms with Crippen molar-refractivity contribution >= 4 is 28.4 Å². The number of anilines is 2. The lowest BCUT2D eigenvalue weighted by Crippen LogP contribution is -2.27. The fraction of sp³-hybridized carbons (Fsp3) is 0.148. The summed E-state index contributed by atoms with van der Waals surface area (Å²) in [4.78, 5) is 25.4. The molecular weight excluding hydrogens is 495 g/mol. The topological polar surface area (TPSA) is 112 Å². The standard InChI is InChI=1S/C27H20F3N7O/c1-27(2)21-23(31)33-26(35-24(21)34-25(27)38)37-20-6-3-14(13-7-9-32-10-8-13)11-16(20)19(36-37)12-15-17(28)4-5-18(29)22(15)30/h3-11H,12H2,1-2H3,(H3,31,33,34,35,38). The maximum Gasteiger partial charge on any atom is 0.255 e. The van der Waals surface area contributed by atoms with Crippen molar-refractivity contribution < 1.29 is 18.0 Å². The summed E-state index contributed by atoms with van der Waals surface area (Å²) >= 11 is 0. The van der Waals surface area contributed by atoms with Crippen molar-refractivity contribution in [1.29, 1.82) is 0 Å². The second-order valence-electron chi connectivity index (χ2n) is 9.54. The summed E-state index contributed by atoms with van der Waals surface area (Å²) in [5, 5.41) is 7.86. The van der Waals surface area contributed by atoms with E-state index in [1.54, 1.807) is 32.3 Å². The van der Waals surface area contributed by atoms with Gasteiger partial charge in [0.25, 0.3) is 5.95 Å². The predicted octanol–water partition coefficient (Wildman–Crippen LogP) is 4.70. The van der Waals surface area contributed by atoms with E-state index in [1.807, 2.05) is 24.3 Å². The fourth-order valence-electron chi connectivity index (χ4n) is 4.73. The highest BCUT2D eigenvalue weighted by Gasteiger charge is 2.42. The van der Waals surface area contributed by atoms with Crippen LogP contribution in [0.15, 0.2) is 54.9 Å². The lowest BCUT2D eigenvalue weighted by atomic mass is 9.87. The van der Waals surface area contributed by atoms with Crippen LogP contribution in [0, 0.1) is 17.5 Å². The fourth-order valence-corrected chi connectivity index (χ4v) is 4.73. The Morgan fingerprint density at radius 3 is 2.47 bits per heavy atom. The number of carbonyl (C=O) groups excluding carboxylic acids is 1. The SMILES string of the molecule is CC1(C)C(=O)Nc2nc(-n3nc(Cc4c(F)ccc(F)c4F)c4cc(-c5ccncc5)ccc43)nc(N)c21. The van der Waals surface area contributed by atoms with Gasteiger partial charge in [0.05, 0.1) is 22.2 Å². The monoisotopic (exact) mass is 515 g/mol. The van der Waals surface area contributed by atoms with Gasteiger partial charge in [0.1, 0.15) is 17.5 Å². The highest BCUT2D eigenvalue weighted by Crippen LogP contribution is 2.40. The number of nitrogen functional groups attached to an aromatic ring is 1. The van der Waals surface area contributed by atoms with E-state index in [0.717, 1.165) is 23.3 Å². The molecule has 1 aliphatic rings. The van der Waals surface area contributed by atoms with Crippen molar-refractivity contribution in [2.24, 2.45) is 0 Å². The molecule has 1 amide bonds. The number of hydrogen-bond acceptors (Lipinski definition) is 6. The Morgan fingerprint density at radius 2 is 1.71 bits per heavy atom. The molecule has 0 radical (unpaired) electrons. The molecule has 3 N–H and O–H groups in total. The Bertz CT molecular complexity index is 1770. The van der Waals surface area contributed by atoms with Gasteiger partial charge in [0, 0.05) is 29.8 Å². The van der Waals surface area contributed by atoms with Crippen LogP contribution in [0.3, 0.4) is 0 Å². The smallest absolute Gasteiger partial charge is 0.255 e. The molecule has 38 heavy (non-hydrogen) atoms. The third-order valence-corrected chi connectivity index (χ3v) is 6.79. The van der Waals surface area contributed by atoms with E-state index in [4.69, 9.17) is 5.73 Å². The lowest BCUT2D eigenvalue weighted by molar-refractivity contribution is -0.119. The molecule has 190 valence electrons. The van der Waals surface area contributed by atoms with Crippen LogP contribution in [0.4, 0.5) is 24.8 Å². The Balaban J connectivity index is 1.56. The molecule has 8 nitrogen and oxygen atoms in total. The number of hydrogen-bond donors (Lipinski definition) is 2. The van der Waals surface area contributed by atoms with Gasteiger partial charge in [-0.2, -0.15) is 19.7 Å². The zero-order chi connectivity index (χ0) is 26.8. The van der Waals surface area contributed by atoms with E-state index in [-0.39, 0.29) is 35.6 Å². The number of nitrogens with two attached hydrogens (primary N) is 1. The van der Waals surface area contributed by atoms with Crippen molar-refractivity contribution in [2.75, 3.05) is 11.1 Å². The predicted molar refractivity (Wildman–Crippen MR) is 135 cm³/mol. The third-order valence-electron chi connectivity index (χ3n) is 6.79. The highest BCUT2D eigenvalue weighted by molar-refractivity contribution is 6.06. The summed E-state index contributed by atoms with van der Waals surface area (Å²) in [6, 6.07) is 10.7. The summed E-state index contributed by atoms with van der Waals surface area (Å²) in [6.45, 7) is 3.44. The van der Waals surface area contributed by atoms with Crippen LogP contribution >= 0.6 is 0 Å². The van der Waals surface area contributed by atoms with Crippen LogP contribution in [-0.4, -0.2) is 30.6 Å². The number of nitrogens with zero attached hydrogens (tertiary/aromatic N) is 5. The Hall–Kier alpha value is -4.80. The van der Waals surface area contributed by atoms with Gasteiger partial charge in [-0.1, -0.05) is 6.07 Å². The second kappa shape index (κ2) is 8.37. The molecule has 0 spiro atoms. The van der Waals surface area contributed by atoms with E-state index < -0.39 is 28.4 Å². The Morgan fingerprint density at radius 1 is 0.974 bits per heavy atom. The number of carbonyl (C=O) groups is 1. The first-order valence-electron chi connectivity index (χ1n) is 11.7. The summed E-state index contributed by atoms with van der Waals surface area (Å²) < 4.78 is 44.5. The van der Waals surface area contributed by atoms with E-state index in [0.29, 0.717) is 16.5 Å². The van der Waals surface area contributed by atoms with Gasteiger partial charge in [0.15, 0.2) is 11.6 Å². The van der Waals surface area contributed by atoms with Crippen LogP contribution in [0.25, 0.3) is 28.0 Å². The first-order chi connectivity index (χ1) is 18.1. The zero-order valence-corrected chi connectivity index (χ0v) is 20.3. The largest absolute Gasteiger partial charge is 0.383 e. The minimum absolute atomic E-state index is 0.0624. The average Bonchev–Trinajstić information content (AvgIpc) is 3.37. The molecule has 5 aromatic rings. The molecule has 1 aliphatic heterocycles. The number of rotatable bonds is 4. The number of pyridine rings is 1. The Labute approximate surface area is 214 Å². The zero-order valence-electron chi connectivity index (χ0n) is 20.3. The minimum Gasteiger partial charge on any atom is -0.383 e. The summed E-state index contributed by atoms with van der Waals surface area (Å²) in [5.41, 5.74) is 7.83. The summed E-state index contributed by atoms with van der Waals surface area (Å²) in [5.74, 6) is -3.16. The van der Waals surface area contributed by atoms with Crippen molar-refractivity contribution in [3.05, 3.63) is 89.1 Å². The van der Waals surface area contributed by atoms with Crippen molar-refractivity contribution in [3.8, 4) is 17.1 Å². The molecule has 0 atom stereocenters. The number of nitrogens with one attached hydrogen (secondary N) is 1. The molecule has 0 fully saturated rings. The molecule has 0 saturated carbocycles. The maximum absolute atomic E-state index is 14.6. The van der Waals surface area contributed by atoms with E-state index >= 15 is 0 Å². The normalized spacial score (nSPS) is 14.1. The van der Waals surface area contributed by atoms with Crippen molar-refractivity contribution in [3.63, 3.8) is 0 Å². The van der Waals surface area contributed by atoms with E-state index in [1.165, 1.54) is 4.68 Å². The molecule has 6 rings (SSSR count). The van der Waals surface area contributed by atoms with E-state index in [2.05, 4.69) is 25.4 Å². The van der Waals surface area contributed by atoms with Crippen LogP contribution in [-0.2, 0) is 16.6 Å². The molecule has 4 heterocycles. The molecule has 0 saturated heterocycles. The minimum atomic E-state index is -1.28. The van der Waals surface area contributed by atoms with Gasteiger partial charge in [-0.25, -0.2) is 13.2 Å². The van der Waals surface area contributed by atoms with Gasteiger partial charge >= 0.3 is 0 Å². The molecular formula is C27H20F3N7O. The highest BCUT2D eigenvalue weighted by atomic mass is 19.2. The summed E-state index contributed by atoms with van der Waals surface area (Å²) in [7, 11) is 0. The first kappa shape index (κ1) is 23.6. The number of fused-ring (bicyclic) bond motifs is 2. The van der Waals surface area contributed by atoms with Crippen molar-refractivity contribution in [1.82, 2.24) is 24.7 Å². The Kier molecular flexibility index (Phi) is 5.20. The second-order valence-corrected chi connectivity index (χ2v) is 9.54. The molecule has 0 bridgehead atoms. The molecule has 2 aromatic carbocycles. The van der Waals surface area contributed by atoms with Gasteiger partial charge in [0.2, 0.25) is 5.91 Å². The van der Waals surface area contributed by atoms with Crippen LogP contribution in [0.1, 0.15) is 30.7 Å². The van der Waals surface area contributed by atoms with E-state index in [9.17, 15) is 18.0 Å². The molecule has 3 aromatic heterocycles. The summed E-state index contributed by atoms with van der Waals surface area (Å²) in [6.07, 6.45) is 2.97. The average molecular weight is 515 g/mol. The van der Waals surface area contributed by atoms with Crippen LogP contribution in [0.2, 0.25) is 0 Å². The molecule has 11 heteroatoms. The van der Waals surface area contributed by atoms with Gasteiger partial charge in [-0.05, 0) is 61.4 Å². The first-order valence-corrected chi connectivity index (χ1v) is 11.7. The third kappa shape index (κ3) is 3.58. The van der Waals surface area contributed by atoms with Gasteiger partial charge in [-0.3, -0.25) is 9.78 Å². The van der Waals surface area contributed by atoms with Crippen LogP contribution < -0.4 is 11.1 Å². The van der Waals surface area contributed by atoms with Crippen LogP contribution in [0.5, 0.6) is 0 Å². The maximum atomic E-state index is 14.6. The number of halogens is 3. The number of aromatic nitrogens is 5. The van der Waals surface area contributed by atoms with Crippen molar-refractivity contribution in [2.45, 2.75) is 25.7 Å². The quantitative estimate of drug-likeness (QED) is 0.336. The van der Waals surface area contributed by atoms with Gasteiger partial charge < -0.3 is 11.1 Å². The number of benzene rings is 2. The van der Waals surface area contributed by atoms with Gasteiger partial charge in [-0.15, -0.1) is 0 Å². The molecule has 0 aliphatic carbocycles. The number of amides is 1. The molecule has 0 unspecified atom stereocenters.